The lowest BCUT2D eigenvalue weighted by Gasteiger charge is -2.13. The second kappa shape index (κ2) is 4.31. The summed E-state index contributed by atoms with van der Waals surface area (Å²) in [5.74, 6) is 0.545. The smallest absolute Gasteiger partial charge is 0.123 e. The molecule has 0 spiro atoms. The third kappa shape index (κ3) is 2.47. The summed E-state index contributed by atoms with van der Waals surface area (Å²) in [6, 6.07) is 6.14. The lowest BCUT2D eigenvalue weighted by Crippen LogP contribution is -2.05. The van der Waals surface area contributed by atoms with Gasteiger partial charge in [-0.25, -0.2) is 4.98 Å². The van der Waals surface area contributed by atoms with Crippen molar-refractivity contribution in [1.82, 2.24) is 4.98 Å². The normalized spacial score (nSPS) is 12.3. The molecule has 0 bridgehead atoms. The largest absolute Gasteiger partial charge is 0.384 e. The van der Waals surface area contributed by atoms with Gasteiger partial charge in [-0.15, -0.1) is 0 Å². The van der Waals surface area contributed by atoms with E-state index in [1.807, 2.05) is 6.07 Å². The van der Waals surface area contributed by atoms with E-state index in [0.717, 1.165) is 5.69 Å². The fourth-order valence-electron chi connectivity index (χ4n) is 1.35. The monoisotopic (exact) mass is 219 g/mol. The number of rotatable bonds is 3. The zero-order valence-electron chi connectivity index (χ0n) is 8.47. The van der Waals surface area contributed by atoms with Gasteiger partial charge in [0.1, 0.15) is 5.82 Å². The Balaban J connectivity index is 2.06. The van der Waals surface area contributed by atoms with Crippen molar-refractivity contribution in [2.24, 2.45) is 0 Å². The van der Waals surface area contributed by atoms with Crippen molar-refractivity contribution in [2.45, 2.75) is 13.0 Å². The summed E-state index contributed by atoms with van der Waals surface area (Å²) in [5, 5.41) is 7.58. The van der Waals surface area contributed by atoms with Crippen molar-refractivity contribution >= 4 is 22.8 Å². The third-order valence-corrected chi connectivity index (χ3v) is 2.91. The number of aromatic nitrogens is 1. The molecule has 0 radical (unpaired) electrons. The Morgan fingerprint density at radius 2 is 2.27 bits per heavy atom. The molecule has 0 fully saturated rings. The van der Waals surface area contributed by atoms with E-state index in [0.29, 0.717) is 11.9 Å². The summed E-state index contributed by atoms with van der Waals surface area (Å²) in [4.78, 5) is 4.03. The van der Waals surface area contributed by atoms with Crippen LogP contribution in [0.2, 0.25) is 0 Å². The maximum atomic E-state index is 5.51. The first-order valence-electron chi connectivity index (χ1n) is 4.76. The Kier molecular flexibility index (Phi) is 2.87. The number of thiophene rings is 1. The van der Waals surface area contributed by atoms with Gasteiger partial charge < -0.3 is 11.1 Å². The molecule has 0 aromatic carbocycles. The number of pyridine rings is 1. The Hall–Kier alpha value is -1.55. The van der Waals surface area contributed by atoms with Crippen LogP contribution in [0.1, 0.15) is 18.5 Å². The molecule has 4 heteroatoms. The number of hydrogen-bond donors (Lipinski definition) is 2. The van der Waals surface area contributed by atoms with Crippen LogP contribution in [-0.4, -0.2) is 4.98 Å². The molecule has 0 saturated heterocycles. The molecule has 3 nitrogen and oxygen atoms in total. The zero-order valence-corrected chi connectivity index (χ0v) is 9.29. The van der Waals surface area contributed by atoms with E-state index < -0.39 is 0 Å². The number of anilines is 2. The molecule has 0 aliphatic rings. The highest BCUT2D eigenvalue weighted by Crippen LogP contribution is 2.20. The lowest BCUT2D eigenvalue weighted by atomic mass is 10.2. The average molecular weight is 219 g/mol. The molecule has 1 atom stereocenters. The van der Waals surface area contributed by atoms with Crippen LogP contribution in [0.15, 0.2) is 35.2 Å². The molecular weight excluding hydrogens is 206 g/mol. The van der Waals surface area contributed by atoms with E-state index in [2.05, 4.69) is 34.1 Å². The molecule has 78 valence electrons. The summed E-state index contributed by atoms with van der Waals surface area (Å²) in [6.45, 7) is 2.12. The van der Waals surface area contributed by atoms with E-state index in [-0.39, 0.29) is 0 Å². The van der Waals surface area contributed by atoms with Crippen LogP contribution in [0.5, 0.6) is 0 Å². The SMILES string of the molecule is CC(Nc1ccc(N)nc1)c1ccsc1. The minimum atomic E-state index is 0.293. The topological polar surface area (TPSA) is 50.9 Å². The Morgan fingerprint density at radius 3 is 2.87 bits per heavy atom. The summed E-state index contributed by atoms with van der Waals surface area (Å²) < 4.78 is 0. The standard InChI is InChI=1S/C11H13N3S/c1-8(9-4-5-15-7-9)14-10-2-3-11(12)13-6-10/h2-8,14H,1H3,(H2,12,13). The van der Waals surface area contributed by atoms with Crippen molar-refractivity contribution in [3.63, 3.8) is 0 Å². The van der Waals surface area contributed by atoms with Crippen LogP contribution in [0, 0.1) is 0 Å². The highest BCUT2D eigenvalue weighted by atomic mass is 32.1. The lowest BCUT2D eigenvalue weighted by molar-refractivity contribution is 0.889. The van der Waals surface area contributed by atoms with Crippen LogP contribution in [0.3, 0.4) is 0 Å². The summed E-state index contributed by atoms with van der Waals surface area (Å²) in [5.41, 5.74) is 7.79. The number of nitrogens with one attached hydrogen (secondary N) is 1. The molecule has 0 aliphatic carbocycles. The molecule has 0 amide bonds. The number of nitrogen functional groups attached to an aromatic ring is 1. The van der Waals surface area contributed by atoms with Gasteiger partial charge in [0, 0.05) is 6.04 Å². The van der Waals surface area contributed by atoms with E-state index in [4.69, 9.17) is 5.73 Å². The fraction of sp³-hybridized carbons (Fsp3) is 0.182. The van der Waals surface area contributed by atoms with Gasteiger partial charge in [-0.1, -0.05) is 0 Å². The zero-order chi connectivity index (χ0) is 10.7. The molecule has 15 heavy (non-hydrogen) atoms. The van der Waals surface area contributed by atoms with Crippen molar-refractivity contribution in [1.29, 1.82) is 0 Å². The van der Waals surface area contributed by atoms with Gasteiger partial charge in [0.25, 0.3) is 0 Å². The van der Waals surface area contributed by atoms with Crippen LogP contribution in [0.4, 0.5) is 11.5 Å². The van der Waals surface area contributed by atoms with E-state index >= 15 is 0 Å². The third-order valence-electron chi connectivity index (χ3n) is 2.21. The predicted molar refractivity (Wildman–Crippen MR) is 65.0 cm³/mol. The minimum Gasteiger partial charge on any atom is -0.384 e. The fourth-order valence-corrected chi connectivity index (χ4v) is 2.10. The van der Waals surface area contributed by atoms with Crippen LogP contribution < -0.4 is 11.1 Å². The predicted octanol–water partition coefficient (Wildman–Crippen LogP) is 2.90. The van der Waals surface area contributed by atoms with Gasteiger partial charge in [-0.3, -0.25) is 0 Å². The van der Waals surface area contributed by atoms with Crippen molar-refractivity contribution < 1.29 is 0 Å². The Bertz CT molecular complexity index is 408. The van der Waals surface area contributed by atoms with Crippen molar-refractivity contribution in [3.8, 4) is 0 Å². The molecule has 0 aliphatic heterocycles. The highest BCUT2D eigenvalue weighted by molar-refractivity contribution is 7.07. The van der Waals surface area contributed by atoms with E-state index in [1.54, 1.807) is 23.6 Å². The molecule has 1 unspecified atom stereocenters. The summed E-state index contributed by atoms with van der Waals surface area (Å²) in [7, 11) is 0. The van der Waals surface area contributed by atoms with Crippen LogP contribution in [0.25, 0.3) is 0 Å². The highest BCUT2D eigenvalue weighted by Gasteiger charge is 2.04. The Morgan fingerprint density at radius 1 is 1.40 bits per heavy atom. The van der Waals surface area contributed by atoms with Crippen molar-refractivity contribution in [2.75, 3.05) is 11.1 Å². The average Bonchev–Trinajstić information content (AvgIpc) is 2.74. The van der Waals surface area contributed by atoms with Crippen molar-refractivity contribution in [3.05, 3.63) is 40.7 Å². The second-order valence-corrected chi connectivity index (χ2v) is 4.17. The quantitative estimate of drug-likeness (QED) is 0.834. The van der Waals surface area contributed by atoms with Gasteiger partial charge in [0.2, 0.25) is 0 Å². The first-order valence-corrected chi connectivity index (χ1v) is 5.70. The van der Waals surface area contributed by atoms with Gasteiger partial charge >= 0.3 is 0 Å². The van der Waals surface area contributed by atoms with Gasteiger partial charge in [-0.2, -0.15) is 11.3 Å². The molecule has 2 rings (SSSR count). The second-order valence-electron chi connectivity index (χ2n) is 3.39. The van der Waals surface area contributed by atoms with Gasteiger partial charge in [0.05, 0.1) is 11.9 Å². The van der Waals surface area contributed by atoms with Gasteiger partial charge in [0.15, 0.2) is 0 Å². The van der Waals surface area contributed by atoms with Crippen LogP contribution >= 0.6 is 11.3 Å². The molecule has 2 aromatic heterocycles. The first kappa shape index (κ1) is 9.98. The Labute approximate surface area is 93.0 Å². The maximum Gasteiger partial charge on any atom is 0.123 e. The first-order chi connectivity index (χ1) is 7.25. The minimum absolute atomic E-state index is 0.293. The molecule has 2 heterocycles. The molecule has 3 N–H and O–H groups in total. The molecule has 2 aromatic rings. The summed E-state index contributed by atoms with van der Waals surface area (Å²) in [6.07, 6.45) is 1.75. The summed E-state index contributed by atoms with van der Waals surface area (Å²) >= 11 is 1.71. The molecular formula is C11H13N3S. The van der Waals surface area contributed by atoms with Crippen LogP contribution in [-0.2, 0) is 0 Å². The number of nitrogens with zero attached hydrogens (tertiary/aromatic N) is 1. The number of hydrogen-bond acceptors (Lipinski definition) is 4. The maximum absolute atomic E-state index is 5.51. The molecule has 0 saturated carbocycles. The van der Waals surface area contributed by atoms with Gasteiger partial charge in [-0.05, 0) is 41.4 Å². The van der Waals surface area contributed by atoms with E-state index in [1.165, 1.54) is 5.56 Å². The van der Waals surface area contributed by atoms with E-state index in [9.17, 15) is 0 Å². The number of nitrogens with two attached hydrogens (primary N) is 1.